The minimum atomic E-state index is 0.158. The normalized spacial score (nSPS) is 27.8. The van der Waals surface area contributed by atoms with E-state index in [0.717, 1.165) is 30.9 Å². The van der Waals surface area contributed by atoms with Crippen molar-refractivity contribution in [2.45, 2.75) is 57.5 Å². The molecule has 2 aliphatic heterocycles. The second kappa shape index (κ2) is 8.09. The Hall–Kier alpha value is -1.75. The number of carbonyl (C=O) groups excluding carboxylic acids is 1. The van der Waals surface area contributed by atoms with Gasteiger partial charge in [0, 0.05) is 12.6 Å². The summed E-state index contributed by atoms with van der Waals surface area (Å²) in [4.78, 5) is 17.5. The van der Waals surface area contributed by atoms with Gasteiger partial charge < -0.3 is 14.4 Å². The number of hydrogen-bond donors (Lipinski definition) is 0. The summed E-state index contributed by atoms with van der Waals surface area (Å²) >= 11 is 0. The first-order chi connectivity index (χ1) is 13.1. The fourth-order valence-corrected chi connectivity index (χ4v) is 5.05. The summed E-state index contributed by atoms with van der Waals surface area (Å²) in [5.41, 5.74) is 1.17. The Morgan fingerprint density at radius 1 is 1.11 bits per heavy atom. The highest BCUT2D eigenvalue weighted by Crippen LogP contribution is 2.38. The van der Waals surface area contributed by atoms with Gasteiger partial charge in [0.15, 0.2) is 11.5 Å². The van der Waals surface area contributed by atoms with Crippen molar-refractivity contribution in [3.05, 3.63) is 23.8 Å². The van der Waals surface area contributed by atoms with Gasteiger partial charge in [0.1, 0.15) is 13.2 Å². The molecule has 3 unspecified atom stereocenters. The molecule has 1 amide bonds. The van der Waals surface area contributed by atoms with Gasteiger partial charge in [-0.05, 0) is 56.3 Å². The van der Waals surface area contributed by atoms with E-state index in [1.54, 1.807) is 0 Å². The third kappa shape index (κ3) is 3.93. The second-order valence-electron chi connectivity index (χ2n) is 8.39. The van der Waals surface area contributed by atoms with E-state index in [9.17, 15) is 4.79 Å². The predicted octanol–water partition coefficient (Wildman–Crippen LogP) is 3.63. The van der Waals surface area contributed by atoms with Crippen LogP contribution in [-0.4, -0.2) is 55.1 Å². The maximum atomic E-state index is 13.1. The van der Waals surface area contributed by atoms with Crippen molar-refractivity contribution in [2.75, 3.05) is 33.4 Å². The minimum Gasteiger partial charge on any atom is -0.486 e. The van der Waals surface area contributed by atoms with Gasteiger partial charge >= 0.3 is 0 Å². The molecule has 148 valence electrons. The van der Waals surface area contributed by atoms with Gasteiger partial charge in [-0.15, -0.1) is 0 Å². The van der Waals surface area contributed by atoms with Gasteiger partial charge in [0.2, 0.25) is 5.91 Å². The Balaban J connectivity index is 1.44. The Labute approximate surface area is 162 Å². The van der Waals surface area contributed by atoms with Gasteiger partial charge in [0.05, 0.1) is 12.6 Å². The molecule has 2 heterocycles. The molecule has 1 aromatic rings. The largest absolute Gasteiger partial charge is 0.486 e. The monoisotopic (exact) mass is 372 g/mol. The van der Waals surface area contributed by atoms with E-state index in [2.05, 4.69) is 35.9 Å². The van der Waals surface area contributed by atoms with E-state index in [4.69, 9.17) is 9.47 Å². The minimum absolute atomic E-state index is 0.158. The molecular formula is C22H32N2O3. The zero-order chi connectivity index (χ0) is 18.8. The second-order valence-corrected chi connectivity index (χ2v) is 8.39. The number of ether oxygens (including phenoxy) is 2. The average molecular weight is 373 g/mol. The van der Waals surface area contributed by atoms with Crippen LogP contribution in [0.1, 0.15) is 57.1 Å². The molecule has 1 aliphatic carbocycles. The number of nitrogens with zero attached hydrogens (tertiary/aromatic N) is 2. The van der Waals surface area contributed by atoms with Gasteiger partial charge in [-0.2, -0.15) is 0 Å². The van der Waals surface area contributed by atoms with Crippen molar-refractivity contribution in [1.82, 2.24) is 9.80 Å². The van der Waals surface area contributed by atoms with E-state index in [0.29, 0.717) is 31.7 Å². The highest BCUT2D eigenvalue weighted by Gasteiger charge is 2.33. The summed E-state index contributed by atoms with van der Waals surface area (Å²) in [6.45, 7) is 4.90. The average Bonchev–Trinajstić information content (AvgIpc) is 3.18. The Bertz CT molecular complexity index is 678. The highest BCUT2D eigenvalue weighted by atomic mass is 16.6. The van der Waals surface area contributed by atoms with E-state index in [1.165, 1.54) is 31.2 Å². The van der Waals surface area contributed by atoms with Gasteiger partial charge in [-0.1, -0.05) is 25.8 Å². The Morgan fingerprint density at radius 3 is 2.70 bits per heavy atom. The molecule has 5 nitrogen and oxygen atoms in total. The summed E-state index contributed by atoms with van der Waals surface area (Å²) in [5, 5.41) is 0. The number of likely N-dealkylation sites (N-methyl/N-ethyl adjacent to an activating group) is 1. The molecule has 0 bridgehead atoms. The summed E-state index contributed by atoms with van der Waals surface area (Å²) < 4.78 is 11.4. The third-order valence-corrected chi connectivity index (χ3v) is 6.54. The quantitative estimate of drug-likeness (QED) is 0.809. The van der Waals surface area contributed by atoms with E-state index in [1.807, 2.05) is 6.07 Å². The Morgan fingerprint density at radius 2 is 1.89 bits per heavy atom. The molecule has 3 atom stereocenters. The number of fused-ring (bicyclic) bond motifs is 1. The first kappa shape index (κ1) is 18.6. The fraction of sp³-hybridized carbons (Fsp3) is 0.682. The van der Waals surface area contributed by atoms with Crippen LogP contribution >= 0.6 is 0 Å². The van der Waals surface area contributed by atoms with E-state index in [-0.39, 0.29) is 11.9 Å². The van der Waals surface area contributed by atoms with Gasteiger partial charge in [-0.25, -0.2) is 0 Å². The zero-order valence-corrected chi connectivity index (χ0v) is 16.7. The number of rotatable bonds is 4. The molecule has 0 aromatic heterocycles. The summed E-state index contributed by atoms with van der Waals surface area (Å²) in [7, 11) is 2.12. The third-order valence-electron chi connectivity index (χ3n) is 6.54. The molecule has 0 radical (unpaired) electrons. The summed E-state index contributed by atoms with van der Waals surface area (Å²) in [5.74, 6) is 2.56. The molecule has 4 rings (SSSR count). The van der Waals surface area contributed by atoms with Crippen LogP contribution in [0.25, 0.3) is 0 Å². The molecule has 0 spiro atoms. The first-order valence-corrected chi connectivity index (χ1v) is 10.5. The summed E-state index contributed by atoms with van der Waals surface area (Å²) in [6.07, 6.45) is 7.21. The lowest BCUT2D eigenvalue weighted by Crippen LogP contribution is -2.45. The number of benzene rings is 1. The smallest absolute Gasteiger partial charge is 0.237 e. The lowest BCUT2D eigenvalue weighted by Gasteiger charge is -2.37. The van der Waals surface area contributed by atoms with Crippen molar-refractivity contribution >= 4 is 5.91 Å². The standard InChI is InChI=1S/C22H32N2O3/c1-16-6-3-4-7-18(16)23(2)15-22(25)24-11-5-8-19(24)17-9-10-20-21(14-17)27-13-12-26-20/h9-10,14,16,18-19H,3-8,11-13,15H2,1-2H3. The van der Waals surface area contributed by atoms with Crippen molar-refractivity contribution < 1.29 is 14.3 Å². The zero-order valence-electron chi connectivity index (χ0n) is 16.7. The molecule has 1 aromatic carbocycles. The summed E-state index contributed by atoms with van der Waals surface area (Å²) in [6, 6.07) is 6.85. The molecule has 0 N–H and O–H groups in total. The maximum Gasteiger partial charge on any atom is 0.237 e. The van der Waals surface area contributed by atoms with Crippen LogP contribution < -0.4 is 9.47 Å². The van der Waals surface area contributed by atoms with E-state index >= 15 is 0 Å². The van der Waals surface area contributed by atoms with Crippen LogP contribution in [-0.2, 0) is 4.79 Å². The number of amides is 1. The van der Waals surface area contributed by atoms with E-state index < -0.39 is 0 Å². The van der Waals surface area contributed by atoms with Crippen molar-refractivity contribution in [3.8, 4) is 11.5 Å². The molecule has 27 heavy (non-hydrogen) atoms. The highest BCUT2D eigenvalue weighted by molar-refractivity contribution is 5.79. The fourth-order valence-electron chi connectivity index (χ4n) is 5.05. The predicted molar refractivity (Wildman–Crippen MR) is 105 cm³/mol. The SMILES string of the molecule is CC1CCCCC1N(C)CC(=O)N1CCCC1c1ccc2c(c1)OCCO2. The van der Waals surface area contributed by atoms with Crippen LogP contribution in [0.4, 0.5) is 0 Å². The Kier molecular flexibility index (Phi) is 5.58. The van der Waals surface area contributed by atoms with Crippen molar-refractivity contribution in [2.24, 2.45) is 5.92 Å². The molecule has 3 aliphatic rings. The maximum absolute atomic E-state index is 13.1. The molecule has 5 heteroatoms. The van der Waals surface area contributed by atoms with Crippen molar-refractivity contribution in [3.63, 3.8) is 0 Å². The van der Waals surface area contributed by atoms with Gasteiger partial charge in [-0.3, -0.25) is 9.69 Å². The molecular weight excluding hydrogens is 340 g/mol. The molecule has 1 saturated heterocycles. The van der Waals surface area contributed by atoms with Crippen LogP contribution in [0.15, 0.2) is 18.2 Å². The molecule has 1 saturated carbocycles. The lowest BCUT2D eigenvalue weighted by molar-refractivity contribution is -0.134. The van der Waals surface area contributed by atoms with Crippen LogP contribution in [0, 0.1) is 5.92 Å². The number of carbonyl (C=O) groups is 1. The topological polar surface area (TPSA) is 42.0 Å². The number of likely N-dealkylation sites (tertiary alicyclic amines) is 1. The van der Waals surface area contributed by atoms with Crippen LogP contribution in [0.3, 0.4) is 0 Å². The van der Waals surface area contributed by atoms with Crippen molar-refractivity contribution in [1.29, 1.82) is 0 Å². The number of hydrogen-bond acceptors (Lipinski definition) is 4. The molecule has 2 fully saturated rings. The van der Waals surface area contributed by atoms with Crippen LogP contribution in [0.2, 0.25) is 0 Å². The van der Waals surface area contributed by atoms with Crippen LogP contribution in [0.5, 0.6) is 11.5 Å². The van der Waals surface area contributed by atoms with Gasteiger partial charge in [0.25, 0.3) is 0 Å². The first-order valence-electron chi connectivity index (χ1n) is 10.5. The lowest BCUT2D eigenvalue weighted by atomic mass is 9.85.